The average molecular weight is 367 g/mol. The zero-order chi connectivity index (χ0) is 18.7. The molecule has 4 heteroatoms. The number of unbranched alkanes of at least 4 members (excludes halogenated alkanes) is 2. The highest BCUT2D eigenvalue weighted by Crippen LogP contribution is 2.40. The second-order valence-corrected chi connectivity index (χ2v) is 14.0. The van der Waals surface area contributed by atoms with E-state index in [0.717, 1.165) is 12.8 Å². The Kier molecular flexibility index (Phi) is 7.11. The molecule has 0 aromatic heterocycles. The van der Waals surface area contributed by atoms with Gasteiger partial charge < -0.3 is 14.3 Å². The lowest BCUT2D eigenvalue weighted by Crippen LogP contribution is -2.43. The lowest BCUT2D eigenvalue weighted by atomic mass is 9.91. The Morgan fingerprint density at radius 3 is 2.64 bits per heavy atom. The van der Waals surface area contributed by atoms with E-state index in [1.807, 2.05) is 0 Å². The van der Waals surface area contributed by atoms with E-state index < -0.39 is 14.6 Å². The van der Waals surface area contributed by atoms with Gasteiger partial charge in [-0.3, -0.25) is 0 Å². The summed E-state index contributed by atoms with van der Waals surface area (Å²) in [6.07, 6.45) is 14.2. The number of hydrogen-bond donors (Lipinski definition) is 1. The molecule has 1 heterocycles. The van der Waals surface area contributed by atoms with Gasteiger partial charge in [-0.1, -0.05) is 71.3 Å². The molecule has 3 nitrogen and oxygen atoms in total. The molecule has 1 aliphatic carbocycles. The maximum Gasteiger partial charge on any atom is 0.192 e. The van der Waals surface area contributed by atoms with Crippen LogP contribution in [0.15, 0.2) is 24.3 Å². The van der Waals surface area contributed by atoms with Crippen LogP contribution >= 0.6 is 0 Å². The molecule has 1 N–H and O–H groups in total. The summed E-state index contributed by atoms with van der Waals surface area (Å²) >= 11 is 0. The first-order valence-corrected chi connectivity index (χ1v) is 12.9. The molecule has 0 aromatic rings. The zero-order valence-electron chi connectivity index (χ0n) is 17.0. The van der Waals surface area contributed by atoms with Crippen molar-refractivity contribution in [3.8, 4) is 0 Å². The van der Waals surface area contributed by atoms with Gasteiger partial charge in [-0.25, -0.2) is 0 Å². The molecule has 0 radical (unpaired) electrons. The van der Waals surface area contributed by atoms with E-state index in [4.69, 9.17) is 9.16 Å². The molecule has 2 rings (SSSR count). The van der Waals surface area contributed by atoms with E-state index in [9.17, 15) is 5.11 Å². The number of fused-ring (bicyclic) bond motifs is 1. The molecule has 5 atom stereocenters. The number of rotatable bonds is 8. The van der Waals surface area contributed by atoms with Crippen molar-refractivity contribution < 1.29 is 14.3 Å². The van der Waals surface area contributed by atoms with E-state index >= 15 is 0 Å². The number of allylic oxidation sites excluding steroid dienone is 2. The van der Waals surface area contributed by atoms with Crippen molar-refractivity contribution >= 4 is 8.32 Å². The summed E-state index contributed by atoms with van der Waals surface area (Å²) in [6, 6.07) is 0. The van der Waals surface area contributed by atoms with Crippen LogP contribution in [-0.2, 0) is 9.16 Å². The highest BCUT2D eigenvalue weighted by atomic mass is 28.4. The van der Waals surface area contributed by atoms with Gasteiger partial charge in [-0.05, 0) is 24.6 Å². The second kappa shape index (κ2) is 8.51. The molecule has 0 amide bonds. The van der Waals surface area contributed by atoms with Crippen LogP contribution in [0.2, 0.25) is 18.1 Å². The number of aliphatic hydroxyl groups excluding tert-OH is 1. The molecule has 1 fully saturated rings. The molecule has 0 aromatic carbocycles. The SMILES string of the molecule is CCCCC[C@@H](/C=C/[C@H]1C=C[C@@H]2OC(O)C[C@H]12)O[Si](C)(C)C(C)(C)C. The summed E-state index contributed by atoms with van der Waals surface area (Å²) in [6.45, 7) is 13.8. The maximum atomic E-state index is 9.72. The first-order valence-electron chi connectivity index (χ1n) is 10.0. The van der Waals surface area contributed by atoms with Gasteiger partial charge in [0, 0.05) is 18.3 Å². The van der Waals surface area contributed by atoms with Crippen LogP contribution in [-0.4, -0.2) is 31.9 Å². The van der Waals surface area contributed by atoms with Gasteiger partial charge in [-0.2, -0.15) is 0 Å². The minimum atomic E-state index is -1.78. The van der Waals surface area contributed by atoms with Crippen molar-refractivity contribution in [2.75, 3.05) is 0 Å². The summed E-state index contributed by atoms with van der Waals surface area (Å²) in [4.78, 5) is 0. The minimum Gasteiger partial charge on any atom is -0.411 e. The summed E-state index contributed by atoms with van der Waals surface area (Å²) in [5.41, 5.74) is 0. The topological polar surface area (TPSA) is 38.7 Å². The number of ether oxygens (including phenoxy) is 1. The Bertz CT molecular complexity index is 478. The quantitative estimate of drug-likeness (QED) is 0.354. The minimum absolute atomic E-state index is 0.0875. The van der Waals surface area contributed by atoms with Crippen LogP contribution in [0.5, 0.6) is 0 Å². The average Bonchev–Trinajstić information content (AvgIpc) is 3.02. The zero-order valence-corrected chi connectivity index (χ0v) is 18.0. The maximum absolute atomic E-state index is 9.72. The van der Waals surface area contributed by atoms with Crippen LogP contribution in [0, 0.1) is 11.8 Å². The molecule has 1 aliphatic heterocycles. The Balaban J connectivity index is 2.01. The summed E-state index contributed by atoms with van der Waals surface area (Å²) in [7, 11) is -1.78. The third-order valence-corrected chi connectivity index (χ3v) is 10.6. The highest BCUT2D eigenvalue weighted by Gasteiger charge is 2.40. The van der Waals surface area contributed by atoms with Crippen LogP contribution in [0.3, 0.4) is 0 Å². The fourth-order valence-corrected chi connectivity index (χ4v) is 4.76. The highest BCUT2D eigenvalue weighted by molar-refractivity contribution is 6.74. The predicted octanol–water partition coefficient (Wildman–Crippen LogP) is 5.42. The molecular formula is C21H38O3Si. The van der Waals surface area contributed by atoms with E-state index in [0.29, 0.717) is 11.8 Å². The third kappa shape index (κ3) is 5.52. The number of aliphatic hydroxyl groups is 1. The van der Waals surface area contributed by atoms with Gasteiger partial charge in [0.2, 0.25) is 0 Å². The van der Waals surface area contributed by atoms with Crippen molar-refractivity contribution in [2.24, 2.45) is 11.8 Å². The monoisotopic (exact) mass is 366 g/mol. The second-order valence-electron chi connectivity index (χ2n) is 9.21. The van der Waals surface area contributed by atoms with Crippen LogP contribution in [0.4, 0.5) is 0 Å². The molecule has 1 saturated heterocycles. The first-order chi connectivity index (χ1) is 11.6. The largest absolute Gasteiger partial charge is 0.411 e. The Hall–Kier alpha value is -0.423. The first kappa shape index (κ1) is 20.9. The van der Waals surface area contributed by atoms with E-state index in [2.05, 4.69) is 65.1 Å². The van der Waals surface area contributed by atoms with Gasteiger partial charge in [-0.15, -0.1) is 0 Å². The Morgan fingerprint density at radius 2 is 2.00 bits per heavy atom. The molecule has 25 heavy (non-hydrogen) atoms. The lowest BCUT2D eigenvalue weighted by Gasteiger charge is -2.38. The fourth-order valence-electron chi connectivity index (χ4n) is 3.45. The van der Waals surface area contributed by atoms with Crippen molar-refractivity contribution in [2.45, 2.75) is 96.4 Å². The van der Waals surface area contributed by atoms with Crippen molar-refractivity contribution in [1.82, 2.24) is 0 Å². The van der Waals surface area contributed by atoms with Gasteiger partial charge in [0.1, 0.15) is 0 Å². The van der Waals surface area contributed by atoms with Crippen LogP contribution in [0.25, 0.3) is 0 Å². The third-order valence-electron chi connectivity index (χ3n) is 6.12. The predicted molar refractivity (Wildman–Crippen MR) is 107 cm³/mol. The Labute approximate surface area is 155 Å². The van der Waals surface area contributed by atoms with E-state index in [1.54, 1.807) is 0 Å². The van der Waals surface area contributed by atoms with Gasteiger partial charge in [0.25, 0.3) is 0 Å². The molecule has 0 saturated carbocycles. The van der Waals surface area contributed by atoms with Crippen molar-refractivity contribution in [3.63, 3.8) is 0 Å². The molecule has 144 valence electrons. The molecule has 2 aliphatic rings. The van der Waals surface area contributed by atoms with Crippen LogP contribution in [0.1, 0.15) is 59.8 Å². The summed E-state index contributed by atoms with van der Waals surface area (Å²) < 4.78 is 12.2. The normalized spacial score (nSPS) is 31.0. The van der Waals surface area contributed by atoms with E-state index in [-0.39, 0.29) is 17.2 Å². The Morgan fingerprint density at radius 1 is 1.28 bits per heavy atom. The number of hydrogen-bond acceptors (Lipinski definition) is 3. The lowest BCUT2D eigenvalue weighted by molar-refractivity contribution is -0.0782. The van der Waals surface area contributed by atoms with Crippen LogP contribution < -0.4 is 0 Å². The summed E-state index contributed by atoms with van der Waals surface area (Å²) in [5, 5.41) is 9.94. The molecule has 0 spiro atoms. The van der Waals surface area contributed by atoms with Gasteiger partial charge in [0.05, 0.1) is 12.2 Å². The van der Waals surface area contributed by atoms with E-state index in [1.165, 1.54) is 19.3 Å². The standard InChI is InChI=1S/C21H38O3Si/c1-7-8-9-10-17(24-25(5,6)21(2,3)4)13-11-16-12-14-19-18(16)15-20(22)23-19/h11-14,16-20,22H,7-10,15H2,1-6H3/b13-11+/t16-,17-,18+,19-,20?/m0/s1. The van der Waals surface area contributed by atoms with Crippen molar-refractivity contribution in [1.29, 1.82) is 0 Å². The summed E-state index contributed by atoms with van der Waals surface area (Å²) in [5.74, 6) is 0.745. The molecule has 0 bridgehead atoms. The van der Waals surface area contributed by atoms with Gasteiger partial charge in [0.15, 0.2) is 14.6 Å². The fraction of sp³-hybridized carbons (Fsp3) is 0.810. The van der Waals surface area contributed by atoms with Gasteiger partial charge >= 0.3 is 0 Å². The molecular weight excluding hydrogens is 328 g/mol. The molecule has 1 unspecified atom stereocenters. The smallest absolute Gasteiger partial charge is 0.192 e. The van der Waals surface area contributed by atoms with Crippen molar-refractivity contribution in [3.05, 3.63) is 24.3 Å².